The summed E-state index contributed by atoms with van der Waals surface area (Å²) in [5, 5.41) is 12.0. The van der Waals surface area contributed by atoms with Crippen molar-refractivity contribution in [2.45, 2.75) is 0 Å². The van der Waals surface area contributed by atoms with E-state index >= 15 is 0 Å². The van der Waals surface area contributed by atoms with Crippen LogP contribution in [0.15, 0.2) is 235 Å². The van der Waals surface area contributed by atoms with Gasteiger partial charge in [-0.1, -0.05) is 152 Å². The van der Waals surface area contributed by atoms with Gasteiger partial charge in [0, 0.05) is 38.6 Å². The lowest BCUT2D eigenvalue weighted by Crippen LogP contribution is -2.10. The number of benzene rings is 11. The van der Waals surface area contributed by atoms with Crippen LogP contribution in [0.2, 0.25) is 0 Å². The van der Waals surface area contributed by atoms with Crippen LogP contribution in [0.5, 0.6) is 0 Å². The number of rotatable bonds is 6. The number of nitrogens with zero attached hydrogens (tertiary/aromatic N) is 2. The quantitative estimate of drug-likeness (QED) is 0.156. The van der Waals surface area contributed by atoms with Crippen molar-refractivity contribution in [3.8, 4) is 27.9 Å². The Morgan fingerprint density at radius 1 is 0.349 bits per heavy atom. The fourth-order valence-electron chi connectivity index (χ4n) is 10.1. The number of aromatic nitrogens is 1. The largest absolute Gasteiger partial charge is 0.455 e. The van der Waals surface area contributed by atoms with Gasteiger partial charge in [-0.15, -0.1) is 0 Å². The molecule has 13 aromatic rings. The second-order valence-corrected chi connectivity index (χ2v) is 16.5. The van der Waals surface area contributed by atoms with E-state index < -0.39 is 0 Å². The zero-order chi connectivity index (χ0) is 41.4. The molecule has 0 saturated carbocycles. The maximum Gasteiger partial charge on any atom is 0.143 e. The molecule has 0 fully saturated rings. The molecule has 0 aliphatic rings. The fraction of sp³-hybridized carbons (Fsp3) is 0. The molecule has 0 bridgehead atoms. The molecule has 0 radical (unpaired) electrons. The third kappa shape index (κ3) is 5.60. The van der Waals surface area contributed by atoms with Gasteiger partial charge in [-0.25, -0.2) is 0 Å². The smallest absolute Gasteiger partial charge is 0.143 e. The molecule has 0 N–H and O–H groups in total. The van der Waals surface area contributed by atoms with E-state index in [1.807, 2.05) is 0 Å². The highest BCUT2D eigenvalue weighted by molar-refractivity contribution is 6.20. The lowest BCUT2D eigenvalue weighted by molar-refractivity contribution is 0.672. The molecule has 11 aromatic carbocycles. The minimum Gasteiger partial charge on any atom is -0.455 e. The van der Waals surface area contributed by atoms with Gasteiger partial charge in [0.05, 0.1) is 22.1 Å². The number of para-hydroxylation sites is 2. The Kier molecular flexibility index (Phi) is 7.91. The Morgan fingerprint density at radius 2 is 1.02 bits per heavy atom. The van der Waals surface area contributed by atoms with Crippen molar-refractivity contribution in [1.29, 1.82) is 0 Å². The predicted molar refractivity (Wildman–Crippen MR) is 266 cm³/mol. The highest BCUT2D eigenvalue weighted by Crippen LogP contribution is 2.46. The van der Waals surface area contributed by atoms with E-state index in [2.05, 4.69) is 240 Å². The number of anilines is 3. The Labute approximate surface area is 363 Å². The highest BCUT2D eigenvalue weighted by Gasteiger charge is 2.22. The molecule has 0 saturated heterocycles. The molecule has 2 aromatic heterocycles. The second kappa shape index (κ2) is 14.1. The Bertz CT molecular complexity index is 3910. The molecule has 3 nitrogen and oxygen atoms in total. The molecule has 0 unspecified atom stereocenters. The van der Waals surface area contributed by atoms with Gasteiger partial charge >= 0.3 is 0 Å². The molecular weight excluding hydrogens is 765 g/mol. The van der Waals surface area contributed by atoms with Crippen molar-refractivity contribution in [1.82, 2.24) is 4.57 Å². The van der Waals surface area contributed by atoms with Gasteiger partial charge in [0.25, 0.3) is 0 Å². The average Bonchev–Trinajstić information content (AvgIpc) is 3.91. The van der Waals surface area contributed by atoms with Crippen molar-refractivity contribution in [2.75, 3.05) is 4.90 Å². The van der Waals surface area contributed by atoms with Crippen LogP contribution in [0, 0.1) is 0 Å². The van der Waals surface area contributed by atoms with Crippen LogP contribution in [0.1, 0.15) is 0 Å². The van der Waals surface area contributed by atoms with E-state index in [-0.39, 0.29) is 0 Å². The summed E-state index contributed by atoms with van der Waals surface area (Å²) < 4.78 is 9.13. The summed E-state index contributed by atoms with van der Waals surface area (Å²) in [7, 11) is 0. The van der Waals surface area contributed by atoms with Crippen molar-refractivity contribution < 1.29 is 4.42 Å². The zero-order valence-corrected chi connectivity index (χ0v) is 34.2. The molecule has 294 valence electrons. The summed E-state index contributed by atoms with van der Waals surface area (Å²) in [5.41, 5.74) is 13.2. The van der Waals surface area contributed by atoms with Gasteiger partial charge in [0.15, 0.2) is 0 Å². The molecule has 0 aliphatic carbocycles. The van der Waals surface area contributed by atoms with Gasteiger partial charge in [0.2, 0.25) is 0 Å². The maximum absolute atomic E-state index is 6.76. The minimum absolute atomic E-state index is 0.861. The lowest BCUT2D eigenvalue weighted by Gasteiger charge is -2.27. The molecule has 13 rings (SSSR count). The van der Waals surface area contributed by atoms with Gasteiger partial charge in [-0.05, 0) is 128 Å². The maximum atomic E-state index is 6.76. The van der Waals surface area contributed by atoms with E-state index in [4.69, 9.17) is 4.42 Å². The van der Waals surface area contributed by atoms with Crippen LogP contribution in [0.25, 0.3) is 104 Å². The van der Waals surface area contributed by atoms with E-state index in [1.165, 1.54) is 54.5 Å². The average molecular weight is 803 g/mol. The number of hydrogen-bond donors (Lipinski definition) is 0. The first kappa shape index (κ1) is 35.4. The molecular formula is C60H38N2O. The monoisotopic (exact) mass is 802 g/mol. The van der Waals surface area contributed by atoms with Crippen LogP contribution >= 0.6 is 0 Å². The Balaban J connectivity index is 1.00. The summed E-state index contributed by atoms with van der Waals surface area (Å²) in [6.45, 7) is 0. The summed E-state index contributed by atoms with van der Waals surface area (Å²) in [6, 6.07) is 83.5. The van der Waals surface area contributed by atoms with Crippen molar-refractivity contribution in [3.05, 3.63) is 231 Å². The van der Waals surface area contributed by atoms with E-state index in [0.29, 0.717) is 0 Å². The van der Waals surface area contributed by atoms with Gasteiger partial charge in [-0.3, -0.25) is 0 Å². The SMILES string of the molecule is c1ccc(-n2c3ccccc3c3cc(-c4cccc(N(c5ccc(-c6cc7ccccc7c7ccccc67)cc5)c5cccc6oc7c8ccccc8ccc7c56)c4)ccc32)cc1. The summed E-state index contributed by atoms with van der Waals surface area (Å²) in [5.74, 6) is 0. The third-order valence-electron chi connectivity index (χ3n) is 12.9. The predicted octanol–water partition coefficient (Wildman–Crippen LogP) is 16.9. The Hall–Kier alpha value is -8.40. The van der Waals surface area contributed by atoms with Crippen LogP contribution in [-0.2, 0) is 0 Å². The van der Waals surface area contributed by atoms with E-state index in [1.54, 1.807) is 0 Å². The lowest BCUT2D eigenvalue weighted by atomic mass is 9.93. The molecule has 0 atom stereocenters. The number of hydrogen-bond acceptors (Lipinski definition) is 2. The third-order valence-corrected chi connectivity index (χ3v) is 12.9. The molecule has 63 heavy (non-hydrogen) atoms. The summed E-state index contributed by atoms with van der Waals surface area (Å²) in [4.78, 5) is 2.40. The minimum atomic E-state index is 0.861. The first-order valence-electron chi connectivity index (χ1n) is 21.6. The van der Waals surface area contributed by atoms with E-state index in [9.17, 15) is 0 Å². The molecule has 0 spiro atoms. The molecule has 0 amide bonds. The van der Waals surface area contributed by atoms with Crippen LogP contribution < -0.4 is 4.90 Å². The number of furan rings is 1. The summed E-state index contributed by atoms with van der Waals surface area (Å²) >= 11 is 0. The highest BCUT2D eigenvalue weighted by atomic mass is 16.3. The van der Waals surface area contributed by atoms with Crippen LogP contribution in [0.4, 0.5) is 17.1 Å². The van der Waals surface area contributed by atoms with Crippen LogP contribution in [-0.4, -0.2) is 4.57 Å². The van der Waals surface area contributed by atoms with E-state index in [0.717, 1.165) is 66.6 Å². The number of fused-ring (bicyclic) bond motifs is 11. The molecule has 0 aliphatic heterocycles. The molecule has 2 heterocycles. The zero-order valence-electron chi connectivity index (χ0n) is 34.2. The van der Waals surface area contributed by atoms with Gasteiger partial charge in [-0.2, -0.15) is 0 Å². The fourth-order valence-corrected chi connectivity index (χ4v) is 10.1. The first-order valence-corrected chi connectivity index (χ1v) is 21.6. The normalized spacial score (nSPS) is 11.8. The van der Waals surface area contributed by atoms with Crippen molar-refractivity contribution >= 4 is 93.1 Å². The van der Waals surface area contributed by atoms with Crippen molar-refractivity contribution in [2.24, 2.45) is 0 Å². The van der Waals surface area contributed by atoms with Gasteiger partial charge in [0.1, 0.15) is 11.2 Å². The second-order valence-electron chi connectivity index (χ2n) is 16.5. The van der Waals surface area contributed by atoms with Crippen molar-refractivity contribution in [3.63, 3.8) is 0 Å². The summed E-state index contributed by atoms with van der Waals surface area (Å²) in [6.07, 6.45) is 0. The first-order chi connectivity index (χ1) is 31.2. The topological polar surface area (TPSA) is 21.3 Å². The Morgan fingerprint density at radius 3 is 1.87 bits per heavy atom. The van der Waals surface area contributed by atoms with Crippen LogP contribution in [0.3, 0.4) is 0 Å². The molecule has 3 heteroatoms. The standard InChI is InChI=1S/C60H38N2O/c1-2-17-44(18-3-1)62-55-25-11-10-24-51(55)54-37-42(31-35-56(54)62)41-16-12-19-46(36-41)61(57-26-13-27-58-59(57)52-34-30-39-14-4-7-21-48(39)60(52)63-58)45-32-28-40(29-33-45)53-38-43-15-5-6-20-47(43)49-22-8-9-23-50(49)53/h1-38H. The van der Waals surface area contributed by atoms with Gasteiger partial charge < -0.3 is 13.9 Å².